The van der Waals surface area contributed by atoms with Gasteiger partial charge in [0.05, 0.1) is 6.10 Å². The summed E-state index contributed by atoms with van der Waals surface area (Å²) in [4.78, 5) is 0. The molecule has 1 nitrogen and oxygen atoms in total. The van der Waals surface area contributed by atoms with Crippen LogP contribution in [-0.2, 0) is 4.74 Å². The Bertz CT molecular complexity index is 324. The van der Waals surface area contributed by atoms with Crippen molar-refractivity contribution in [3.63, 3.8) is 0 Å². The second-order valence-corrected chi connectivity index (χ2v) is 11.0. The Morgan fingerprint density at radius 1 is 0.438 bits per heavy atom. The minimum atomic E-state index is 0.511. The standard InChI is InChI=1S/C31H64O/c1-5-7-9-11-13-15-17-18-20-22-24-26-28-32-31(29-30(3)4)27-25-23-21-19-16-14-12-10-8-6-2/h30-31H,5-29H2,1-4H3. The Kier molecular flexibility index (Phi) is 27.2. The van der Waals surface area contributed by atoms with Gasteiger partial charge in [-0.15, -0.1) is 0 Å². The van der Waals surface area contributed by atoms with E-state index in [0.29, 0.717) is 6.10 Å². The number of rotatable bonds is 27. The van der Waals surface area contributed by atoms with Gasteiger partial charge in [-0.1, -0.05) is 163 Å². The monoisotopic (exact) mass is 452 g/mol. The first kappa shape index (κ1) is 32.0. The summed E-state index contributed by atoms with van der Waals surface area (Å²) in [5.41, 5.74) is 0. The summed E-state index contributed by atoms with van der Waals surface area (Å²) in [6.07, 6.45) is 34.3. The van der Waals surface area contributed by atoms with Gasteiger partial charge in [0.2, 0.25) is 0 Å². The first-order valence-corrected chi connectivity index (χ1v) is 15.3. The van der Waals surface area contributed by atoms with Gasteiger partial charge in [0, 0.05) is 6.61 Å². The minimum absolute atomic E-state index is 0.511. The van der Waals surface area contributed by atoms with E-state index >= 15 is 0 Å². The quantitative estimate of drug-likeness (QED) is 0.113. The Morgan fingerprint density at radius 3 is 1.16 bits per heavy atom. The Hall–Kier alpha value is -0.0400. The average molecular weight is 453 g/mol. The highest BCUT2D eigenvalue weighted by molar-refractivity contribution is 4.62. The maximum Gasteiger partial charge on any atom is 0.0577 e. The fraction of sp³-hybridized carbons (Fsp3) is 1.00. The molecule has 0 aromatic carbocycles. The molecule has 0 amide bonds. The zero-order valence-electron chi connectivity index (χ0n) is 23.2. The zero-order chi connectivity index (χ0) is 23.5. The van der Waals surface area contributed by atoms with Gasteiger partial charge >= 0.3 is 0 Å². The second-order valence-electron chi connectivity index (χ2n) is 11.0. The number of unbranched alkanes of at least 4 members (excludes halogenated alkanes) is 20. The zero-order valence-corrected chi connectivity index (χ0v) is 23.2. The van der Waals surface area contributed by atoms with E-state index in [1.165, 1.54) is 154 Å². The molecule has 0 saturated heterocycles. The molecule has 0 aliphatic rings. The molecular formula is C31H64O. The molecule has 0 rings (SSSR count). The van der Waals surface area contributed by atoms with Gasteiger partial charge in [-0.05, 0) is 25.2 Å². The van der Waals surface area contributed by atoms with Crippen LogP contribution in [0.1, 0.15) is 182 Å². The molecule has 32 heavy (non-hydrogen) atoms. The van der Waals surface area contributed by atoms with E-state index in [9.17, 15) is 0 Å². The lowest BCUT2D eigenvalue weighted by Gasteiger charge is -2.20. The first-order valence-electron chi connectivity index (χ1n) is 15.3. The van der Waals surface area contributed by atoms with Gasteiger partial charge in [-0.3, -0.25) is 0 Å². The summed E-state index contributed by atoms with van der Waals surface area (Å²) in [5, 5.41) is 0. The molecule has 0 fully saturated rings. The molecule has 0 aliphatic heterocycles. The Labute approximate surface area is 205 Å². The summed E-state index contributed by atoms with van der Waals surface area (Å²) in [7, 11) is 0. The molecule has 0 N–H and O–H groups in total. The summed E-state index contributed by atoms with van der Waals surface area (Å²) in [5.74, 6) is 0.755. The highest BCUT2D eigenvalue weighted by atomic mass is 16.5. The van der Waals surface area contributed by atoms with Crippen molar-refractivity contribution in [3.8, 4) is 0 Å². The van der Waals surface area contributed by atoms with E-state index in [4.69, 9.17) is 4.74 Å². The van der Waals surface area contributed by atoms with Crippen molar-refractivity contribution in [1.82, 2.24) is 0 Å². The highest BCUT2D eigenvalue weighted by Crippen LogP contribution is 2.18. The van der Waals surface area contributed by atoms with Crippen LogP contribution in [0.25, 0.3) is 0 Å². The van der Waals surface area contributed by atoms with Crippen molar-refractivity contribution >= 4 is 0 Å². The molecule has 0 heterocycles. The van der Waals surface area contributed by atoms with Gasteiger partial charge in [0.25, 0.3) is 0 Å². The third kappa shape index (κ3) is 26.2. The fourth-order valence-corrected chi connectivity index (χ4v) is 4.85. The predicted octanol–water partition coefficient (Wildman–Crippen LogP) is 11.4. The molecule has 1 atom stereocenters. The lowest BCUT2D eigenvalue weighted by Crippen LogP contribution is -2.16. The summed E-state index contributed by atoms with van der Waals surface area (Å²) < 4.78 is 6.33. The molecule has 0 aromatic rings. The van der Waals surface area contributed by atoms with Gasteiger partial charge in [0.1, 0.15) is 0 Å². The van der Waals surface area contributed by atoms with E-state index in [1.54, 1.807) is 0 Å². The maximum atomic E-state index is 6.33. The molecule has 1 heteroatoms. The molecule has 1 unspecified atom stereocenters. The van der Waals surface area contributed by atoms with Crippen molar-refractivity contribution in [2.75, 3.05) is 6.61 Å². The van der Waals surface area contributed by atoms with Crippen molar-refractivity contribution in [1.29, 1.82) is 0 Å². The average Bonchev–Trinajstić information content (AvgIpc) is 2.77. The van der Waals surface area contributed by atoms with Crippen LogP contribution >= 0.6 is 0 Å². The number of ether oxygens (including phenoxy) is 1. The highest BCUT2D eigenvalue weighted by Gasteiger charge is 2.11. The molecule has 0 radical (unpaired) electrons. The first-order chi connectivity index (χ1) is 15.7. The normalized spacial score (nSPS) is 12.7. The van der Waals surface area contributed by atoms with Crippen molar-refractivity contribution in [2.24, 2.45) is 5.92 Å². The van der Waals surface area contributed by atoms with Crippen LogP contribution in [0.4, 0.5) is 0 Å². The third-order valence-corrected chi connectivity index (χ3v) is 6.97. The molecule has 0 bridgehead atoms. The van der Waals surface area contributed by atoms with Crippen LogP contribution < -0.4 is 0 Å². The lowest BCUT2D eigenvalue weighted by molar-refractivity contribution is 0.0295. The smallest absolute Gasteiger partial charge is 0.0577 e. The Morgan fingerprint density at radius 2 is 0.781 bits per heavy atom. The third-order valence-electron chi connectivity index (χ3n) is 6.97. The van der Waals surface area contributed by atoms with Crippen LogP contribution in [0.2, 0.25) is 0 Å². The van der Waals surface area contributed by atoms with Crippen LogP contribution in [-0.4, -0.2) is 12.7 Å². The van der Waals surface area contributed by atoms with Gasteiger partial charge in [-0.25, -0.2) is 0 Å². The maximum absolute atomic E-state index is 6.33. The fourth-order valence-electron chi connectivity index (χ4n) is 4.85. The molecule has 0 aliphatic carbocycles. The van der Waals surface area contributed by atoms with Gasteiger partial charge < -0.3 is 4.74 Å². The van der Waals surface area contributed by atoms with E-state index in [0.717, 1.165) is 12.5 Å². The molecule has 0 saturated carbocycles. The van der Waals surface area contributed by atoms with E-state index in [-0.39, 0.29) is 0 Å². The Balaban J connectivity index is 3.51. The summed E-state index contributed by atoms with van der Waals surface area (Å²) in [6, 6.07) is 0. The van der Waals surface area contributed by atoms with Gasteiger partial charge in [-0.2, -0.15) is 0 Å². The van der Waals surface area contributed by atoms with E-state index in [2.05, 4.69) is 27.7 Å². The molecular weight excluding hydrogens is 388 g/mol. The van der Waals surface area contributed by atoms with Crippen molar-refractivity contribution in [2.45, 2.75) is 188 Å². The minimum Gasteiger partial charge on any atom is -0.378 e. The number of hydrogen-bond donors (Lipinski definition) is 0. The molecule has 0 aromatic heterocycles. The van der Waals surface area contributed by atoms with Crippen molar-refractivity contribution in [3.05, 3.63) is 0 Å². The van der Waals surface area contributed by atoms with Crippen LogP contribution in [0.3, 0.4) is 0 Å². The molecule has 194 valence electrons. The lowest BCUT2D eigenvalue weighted by atomic mass is 9.99. The largest absolute Gasteiger partial charge is 0.378 e. The van der Waals surface area contributed by atoms with E-state index < -0.39 is 0 Å². The second kappa shape index (κ2) is 27.2. The van der Waals surface area contributed by atoms with E-state index in [1.807, 2.05) is 0 Å². The van der Waals surface area contributed by atoms with Crippen LogP contribution in [0, 0.1) is 5.92 Å². The number of hydrogen-bond acceptors (Lipinski definition) is 1. The predicted molar refractivity (Wildman–Crippen MR) is 147 cm³/mol. The van der Waals surface area contributed by atoms with Crippen LogP contribution in [0.15, 0.2) is 0 Å². The topological polar surface area (TPSA) is 9.23 Å². The van der Waals surface area contributed by atoms with Crippen molar-refractivity contribution < 1.29 is 4.74 Å². The van der Waals surface area contributed by atoms with Gasteiger partial charge in [0.15, 0.2) is 0 Å². The molecule has 0 spiro atoms. The SMILES string of the molecule is CCCCCCCCCCCCCCOC(CCCCCCCCCCCC)CC(C)C. The van der Waals surface area contributed by atoms with Crippen LogP contribution in [0.5, 0.6) is 0 Å². The summed E-state index contributed by atoms with van der Waals surface area (Å²) >= 11 is 0. The summed E-state index contributed by atoms with van der Waals surface area (Å²) in [6.45, 7) is 10.3.